The van der Waals surface area contributed by atoms with E-state index in [0.29, 0.717) is 43.4 Å². The van der Waals surface area contributed by atoms with Gasteiger partial charge in [0.2, 0.25) is 5.91 Å². The summed E-state index contributed by atoms with van der Waals surface area (Å²) in [7, 11) is 0. The van der Waals surface area contributed by atoms with E-state index < -0.39 is 0 Å². The second-order valence-electron chi connectivity index (χ2n) is 6.52. The van der Waals surface area contributed by atoms with Gasteiger partial charge in [-0.3, -0.25) is 4.79 Å². The number of hydrogen-bond acceptors (Lipinski definition) is 5. The molecule has 1 aliphatic rings. The number of rotatable bonds is 7. The number of benzene rings is 3. The minimum Gasteiger partial charge on any atom is -0.486 e. The predicted octanol–water partition coefficient (Wildman–Crippen LogP) is 4.69. The molecule has 0 fully saturated rings. The van der Waals surface area contributed by atoms with E-state index in [2.05, 4.69) is 10.6 Å². The fraction of sp³-hybridized carbons (Fsp3) is 0.174. The van der Waals surface area contributed by atoms with Crippen LogP contribution in [0.15, 0.2) is 72.8 Å². The van der Waals surface area contributed by atoms with Gasteiger partial charge in [0.25, 0.3) is 0 Å². The van der Waals surface area contributed by atoms with Crippen molar-refractivity contribution in [1.82, 2.24) is 0 Å². The third kappa shape index (κ3) is 5.19. The third-order valence-electron chi connectivity index (χ3n) is 4.34. The maximum absolute atomic E-state index is 12.2. The first kappa shape index (κ1) is 18.7. The molecule has 0 spiro atoms. The highest BCUT2D eigenvalue weighted by Crippen LogP contribution is 2.32. The lowest BCUT2D eigenvalue weighted by Crippen LogP contribution is -2.18. The lowest BCUT2D eigenvalue weighted by atomic mass is 10.2. The molecule has 2 N–H and O–H groups in total. The van der Waals surface area contributed by atoms with Gasteiger partial charge in [0.15, 0.2) is 11.5 Å². The normalized spacial score (nSPS) is 12.1. The highest BCUT2D eigenvalue weighted by molar-refractivity contribution is 5.91. The highest BCUT2D eigenvalue weighted by atomic mass is 16.6. The van der Waals surface area contributed by atoms with Crippen molar-refractivity contribution in [3.63, 3.8) is 0 Å². The molecule has 0 bridgehead atoms. The maximum Gasteiger partial charge on any atom is 0.226 e. The first-order valence-corrected chi connectivity index (χ1v) is 9.53. The molecule has 0 unspecified atom stereocenters. The summed E-state index contributed by atoms with van der Waals surface area (Å²) in [5.74, 6) is 2.85. The van der Waals surface area contributed by atoms with Crippen molar-refractivity contribution in [2.75, 3.05) is 30.4 Å². The predicted molar refractivity (Wildman–Crippen MR) is 112 cm³/mol. The van der Waals surface area contributed by atoms with Gasteiger partial charge in [0, 0.05) is 30.4 Å². The summed E-state index contributed by atoms with van der Waals surface area (Å²) >= 11 is 0. The van der Waals surface area contributed by atoms with Crippen LogP contribution >= 0.6 is 0 Å². The number of nitrogens with one attached hydrogen (secondary N) is 2. The number of carbonyl (C=O) groups excluding carboxylic acids is 1. The van der Waals surface area contributed by atoms with Crippen LogP contribution in [0, 0.1) is 0 Å². The number of ether oxygens (including phenoxy) is 3. The van der Waals surface area contributed by atoms with Crippen molar-refractivity contribution < 1.29 is 19.0 Å². The third-order valence-corrected chi connectivity index (χ3v) is 4.34. The molecule has 148 valence electrons. The summed E-state index contributed by atoms with van der Waals surface area (Å²) < 4.78 is 16.8. The Morgan fingerprint density at radius 3 is 2.31 bits per heavy atom. The molecule has 6 heteroatoms. The SMILES string of the molecule is O=C(CCNc1ccc(Oc2ccccc2)cc1)Nc1ccc2c(c1)OCCO2. The van der Waals surface area contributed by atoms with Crippen molar-refractivity contribution in [2.24, 2.45) is 0 Å². The number of amides is 1. The molecule has 0 atom stereocenters. The Labute approximate surface area is 169 Å². The number of para-hydroxylation sites is 1. The molecule has 0 aliphatic carbocycles. The van der Waals surface area contributed by atoms with Gasteiger partial charge in [-0.15, -0.1) is 0 Å². The number of hydrogen-bond donors (Lipinski definition) is 2. The monoisotopic (exact) mass is 390 g/mol. The summed E-state index contributed by atoms with van der Waals surface area (Å²) in [5, 5.41) is 6.12. The van der Waals surface area contributed by atoms with Crippen molar-refractivity contribution in [2.45, 2.75) is 6.42 Å². The Bertz CT molecular complexity index is 958. The second-order valence-corrected chi connectivity index (χ2v) is 6.52. The van der Waals surface area contributed by atoms with Crippen molar-refractivity contribution in [3.05, 3.63) is 72.8 Å². The average molecular weight is 390 g/mol. The minimum atomic E-state index is -0.0711. The summed E-state index contributed by atoms with van der Waals surface area (Å²) in [6.07, 6.45) is 0.344. The van der Waals surface area contributed by atoms with E-state index in [1.54, 1.807) is 12.1 Å². The lowest BCUT2D eigenvalue weighted by Gasteiger charge is -2.19. The van der Waals surface area contributed by atoms with Crippen molar-refractivity contribution in [1.29, 1.82) is 0 Å². The molecule has 3 aromatic rings. The number of carbonyl (C=O) groups is 1. The van der Waals surface area contributed by atoms with E-state index >= 15 is 0 Å². The van der Waals surface area contributed by atoms with Crippen molar-refractivity contribution in [3.8, 4) is 23.0 Å². The van der Waals surface area contributed by atoms with E-state index in [4.69, 9.17) is 14.2 Å². The van der Waals surface area contributed by atoms with E-state index in [-0.39, 0.29) is 5.91 Å². The number of anilines is 2. The Hall–Kier alpha value is -3.67. The first-order chi connectivity index (χ1) is 14.3. The Kier molecular flexibility index (Phi) is 5.81. The quantitative estimate of drug-likeness (QED) is 0.612. The van der Waals surface area contributed by atoms with Gasteiger partial charge in [-0.25, -0.2) is 0 Å². The van der Waals surface area contributed by atoms with Gasteiger partial charge in [0.1, 0.15) is 24.7 Å². The number of fused-ring (bicyclic) bond motifs is 1. The molecule has 4 rings (SSSR count). The summed E-state index contributed by atoms with van der Waals surface area (Å²) in [6.45, 7) is 1.59. The topological polar surface area (TPSA) is 68.8 Å². The molecular formula is C23H22N2O4. The fourth-order valence-corrected chi connectivity index (χ4v) is 2.93. The molecule has 3 aromatic carbocycles. The van der Waals surface area contributed by atoms with Gasteiger partial charge in [-0.1, -0.05) is 18.2 Å². The zero-order chi connectivity index (χ0) is 19.9. The molecular weight excluding hydrogens is 368 g/mol. The van der Waals surface area contributed by atoms with Crippen LogP contribution in [-0.2, 0) is 4.79 Å². The Morgan fingerprint density at radius 1 is 0.828 bits per heavy atom. The van der Waals surface area contributed by atoms with E-state index in [9.17, 15) is 4.79 Å². The largest absolute Gasteiger partial charge is 0.486 e. The maximum atomic E-state index is 12.2. The van der Waals surface area contributed by atoms with Crippen LogP contribution in [0.3, 0.4) is 0 Å². The molecule has 0 aromatic heterocycles. The molecule has 29 heavy (non-hydrogen) atoms. The Balaban J connectivity index is 1.23. The van der Waals surface area contributed by atoms with Crippen LogP contribution in [0.2, 0.25) is 0 Å². The molecule has 0 saturated carbocycles. The van der Waals surface area contributed by atoms with Crippen LogP contribution in [0.25, 0.3) is 0 Å². The fourth-order valence-electron chi connectivity index (χ4n) is 2.93. The van der Waals surface area contributed by atoms with E-state index in [0.717, 1.165) is 17.2 Å². The van der Waals surface area contributed by atoms with Gasteiger partial charge in [0.05, 0.1) is 0 Å². The van der Waals surface area contributed by atoms with Crippen LogP contribution < -0.4 is 24.8 Å². The smallest absolute Gasteiger partial charge is 0.226 e. The van der Waals surface area contributed by atoms with Crippen molar-refractivity contribution >= 4 is 17.3 Å². The zero-order valence-electron chi connectivity index (χ0n) is 15.9. The zero-order valence-corrected chi connectivity index (χ0v) is 15.9. The molecule has 0 radical (unpaired) electrons. The average Bonchev–Trinajstić information content (AvgIpc) is 2.76. The minimum absolute atomic E-state index is 0.0711. The standard InChI is InChI=1S/C23H22N2O4/c26-23(25-18-8-11-21-22(16-18)28-15-14-27-21)12-13-24-17-6-9-20(10-7-17)29-19-4-2-1-3-5-19/h1-11,16,24H,12-15H2,(H,25,26). The highest BCUT2D eigenvalue weighted by Gasteiger charge is 2.12. The molecule has 6 nitrogen and oxygen atoms in total. The van der Waals surface area contributed by atoms with Crippen LogP contribution in [-0.4, -0.2) is 25.7 Å². The van der Waals surface area contributed by atoms with Gasteiger partial charge in [-0.05, 0) is 48.5 Å². The molecule has 1 heterocycles. The molecule has 1 aliphatic heterocycles. The Morgan fingerprint density at radius 2 is 1.52 bits per heavy atom. The van der Waals surface area contributed by atoms with E-state index in [1.807, 2.05) is 60.7 Å². The second kappa shape index (κ2) is 9.01. The van der Waals surface area contributed by atoms with Gasteiger partial charge in [-0.2, -0.15) is 0 Å². The van der Waals surface area contributed by atoms with E-state index in [1.165, 1.54) is 0 Å². The van der Waals surface area contributed by atoms with Gasteiger partial charge < -0.3 is 24.8 Å². The molecule has 1 amide bonds. The van der Waals surface area contributed by atoms with Gasteiger partial charge >= 0.3 is 0 Å². The first-order valence-electron chi connectivity index (χ1n) is 9.53. The van der Waals surface area contributed by atoms with Crippen LogP contribution in [0.1, 0.15) is 6.42 Å². The lowest BCUT2D eigenvalue weighted by molar-refractivity contribution is -0.115. The summed E-state index contributed by atoms with van der Waals surface area (Å²) in [6, 6.07) is 22.7. The summed E-state index contributed by atoms with van der Waals surface area (Å²) in [5.41, 5.74) is 1.62. The summed E-state index contributed by atoms with van der Waals surface area (Å²) in [4.78, 5) is 12.2. The molecule has 0 saturated heterocycles. The van der Waals surface area contributed by atoms with Crippen LogP contribution in [0.5, 0.6) is 23.0 Å². The van der Waals surface area contributed by atoms with Crippen LogP contribution in [0.4, 0.5) is 11.4 Å².